The highest BCUT2D eigenvalue weighted by Crippen LogP contribution is 2.20. The van der Waals surface area contributed by atoms with Crippen molar-refractivity contribution in [3.8, 4) is 0 Å². The highest BCUT2D eigenvalue weighted by molar-refractivity contribution is 7.86. The first-order valence-corrected chi connectivity index (χ1v) is 22.8. The van der Waals surface area contributed by atoms with Crippen molar-refractivity contribution in [3.63, 3.8) is 0 Å². The van der Waals surface area contributed by atoms with Crippen molar-refractivity contribution < 1.29 is 51.6 Å². The summed E-state index contributed by atoms with van der Waals surface area (Å²) in [6.45, 7) is -0.408. The molecule has 0 aliphatic carbocycles. The predicted molar refractivity (Wildman–Crippen MR) is 248 cm³/mol. The van der Waals surface area contributed by atoms with Gasteiger partial charge in [-0.15, -0.1) is 0 Å². The molecule has 0 saturated carbocycles. The second kappa shape index (κ2) is 24.0. The first-order chi connectivity index (χ1) is 32.0. The van der Waals surface area contributed by atoms with Gasteiger partial charge in [-0.05, 0) is 77.8 Å². The second-order valence-electron chi connectivity index (χ2n) is 15.7. The number of benzene rings is 4. The van der Waals surface area contributed by atoms with Gasteiger partial charge in [-0.2, -0.15) is 8.42 Å². The van der Waals surface area contributed by atoms with Crippen LogP contribution in [0.5, 0.6) is 0 Å². The predicted octanol–water partition coefficient (Wildman–Crippen LogP) is 0.997. The number of nitrogens with two attached hydrogens (primary N) is 2. The minimum Gasteiger partial charge on any atom is -0.481 e. The van der Waals surface area contributed by atoms with Crippen LogP contribution in [0.25, 0.3) is 22.9 Å². The number of carboxylic acid groups (broad SMARTS) is 1. The number of hydrogen-bond acceptors (Lipinski definition) is 10. The molecule has 5 rings (SSSR count). The molecule has 0 radical (unpaired) electrons. The zero-order chi connectivity index (χ0) is 48.5. The molecule has 1 fully saturated rings. The number of aliphatic imine (C=N–C) groups is 1. The van der Waals surface area contributed by atoms with E-state index in [2.05, 4.69) is 36.9 Å². The van der Waals surface area contributed by atoms with Crippen LogP contribution >= 0.6 is 0 Å². The summed E-state index contributed by atoms with van der Waals surface area (Å²) in [6.07, 6.45) is 3.06. The van der Waals surface area contributed by atoms with E-state index in [4.69, 9.17) is 11.5 Å². The minimum atomic E-state index is -4.44. The van der Waals surface area contributed by atoms with E-state index in [0.717, 1.165) is 10.8 Å². The third-order valence-electron chi connectivity index (χ3n) is 10.6. The van der Waals surface area contributed by atoms with Crippen LogP contribution in [0.15, 0.2) is 101 Å². The number of carbonyl (C=O) groups excluding carboxylic acids is 6. The Balaban J connectivity index is 1.32. The van der Waals surface area contributed by atoms with Crippen LogP contribution in [-0.2, 0) is 45.3 Å². The summed E-state index contributed by atoms with van der Waals surface area (Å²) >= 11 is 0. The molecule has 354 valence electrons. The standard InChI is InChI=1S/C46H53N9O11S/c47-46(48)50-23-7-12-34-42(60)51-27-39(56)52-37(26-40(57)58)45(63)55-36(25-29-17-18-30-8-1-2-10-33(30)24-29)44(62)54-35(43(61)53-34)11-5-6-22-49-41(59)32-20-15-28(16-21-32)14-19-31-9-3-4-13-38(31)67(64,65)66/h1-4,8-10,13-21,24,34-37H,5-7,11-12,22-23,25-27H2,(H,49,59)(H,51,60)(H,52,56)(H,53,61)(H,54,62)(H,55,63)(H,57,58)(H4,47,48,50)(H,64,65,66)/t34-,35-,36+,37-/m0/s1. The van der Waals surface area contributed by atoms with E-state index in [9.17, 15) is 51.6 Å². The molecule has 12 N–H and O–H groups in total. The van der Waals surface area contributed by atoms with E-state index >= 15 is 0 Å². The molecular formula is C46H53N9O11S. The molecule has 1 heterocycles. The molecular weight excluding hydrogens is 887 g/mol. The maximum absolute atomic E-state index is 14.2. The van der Waals surface area contributed by atoms with Crippen molar-refractivity contribution in [1.29, 1.82) is 0 Å². The van der Waals surface area contributed by atoms with E-state index in [0.29, 0.717) is 23.1 Å². The summed E-state index contributed by atoms with van der Waals surface area (Å²) < 4.78 is 33.0. The number of carboxylic acids is 1. The quantitative estimate of drug-likeness (QED) is 0.0233. The van der Waals surface area contributed by atoms with Gasteiger partial charge in [0.25, 0.3) is 16.0 Å². The van der Waals surface area contributed by atoms with Gasteiger partial charge in [-0.25, -0.2) is 0 Å². The van der Waals surface area contributed by atoms with Crippen molar-refractivity contribution in [1.82, 2.24) is 31.9 Å². The minimum absolute atomic E-state index is 0.00814. The molecule has 1 saturated heterocycles. The van der Waals surface area contributed by atoms with E-state index in [1.807, 2.05) is 36.4 Å². The zero-order valence-electron chi connectivity index (χ0n) is 36.3. The lowest BCUT2D eigenvalue weighted by atomic mass is 10.00. The number of nitrogens with zero attached hydrogens (tertiary/aromatic N) is 1. The smallest absolute Gasteiger partial charge is 0.305 e. The fourth-order valence-corrected chi connectivity index (χ4v) is 7.84. The van der Waals surface area contributed by atoms with Gasteiger partial charge < -0.3 is 48.5 Å². The Morgan fingerprint density at radius 1 is 0.716 bits per heavy atom. The van der Waals surface area contributed by atoms with Gasteiger partial charge in [-0.1, -0.05) is 84.9 Å². The molecule has 1 aliphatic heterocycles. The van der Waals surface area contributed by atoms with Crippen LogP contribution in [0, 0.1) is 0 Å². The zero-order valence-corrected chi connectivity index (χ0v) is 37.1. The highest BCUT2D eigenvalue weighted by atomic mass is 32.2. The van der Waals surface area contributed by atoms with Gasteiger partial charge in [-0.3, -0.25) is 43.1 Å². The van der Waals surface area contributed by atoms with E-state index in [-0.39, 0.29) is 61.6 Å². The fraction of sp³-hybridized carbons (Fsp3) is 0.304. The molecule has 4 aromatic rings. The topological polar surface area (TPSA) is 331 Å². The Morgan fingerprint density at radius 2 is 1.34 bits per heavy atom. The highest BCUT2D eigenvalue weighted by Gasteiger charge is 2.33. The number of fused-ring (bicyclic) bond motifs is 1. The number of aliphatic carboxylic acids is 1. The lowest BCUT2D eigenvalue weighted by Gasteiger charge is -2.26. The van der Waals surface area contributed by atoms with Crippen LogP contribution in [0.4, 0.5) is 0 Å². The molecule has 1 aliphatic rings. The summed E-state index contributed by atoms with van der Waals surface area (Å²) in [5.74, 6) is -6.24. The van der Waals surface area contributed by atoms with Crippen molar-refractivity contribution in [2.45, 2.75) is 74.0 Å². The van der Waals surface area contributed by atoms with Gasteiger partial charge in [0, 0.05) is 25.1 Å². The van der Waals surface area contributed by atoms with E-state index in [1.54, 1.807) is 42.5 Å². The lowest BCUT2D eigenvalue weighted by molar-refractivity contribution is -0.141. The molecule has 0 spiro atoms. The van der Waals surface area contributed by atoms with Crippen LogP contribution < -0.4 is 43.4 Å². The Morgan fingerprint density at radius 3 is 2.04 bits per heavy atom. The molecule has 0 aromatic heterocycles. The van der Waals surface area contributed by atoms with Crippen molar-refractivity contribution in [2.75, 3.05) is 19.6 Å². The summed E-state index contributed by atoms with van der Waals surface area (Å²) in [7, 11) is -4.44. The molecule has 20 nitrogen and oxygen atoms in total. The normalized spacial score (nSPS) is 18.6. The molecule has 0 bridgehead atoms. The van der Waals surface area contributed by atoms with E-state index in [1.165, 1.54) is 24.3 Å². The van der Waals surface area contributed by atoms with Gasteiger partial charge >= 0.3 is 5.97 Å². The largest absolute Gasteiger partial charge is 0.481 e. The maximum Gasteiger partial charge on any atom is 0.305 e. The second-order valence-corrected chi connectivity index (χ2v) is 17.1. The number of amides is 6. The first-order valence-electron chi connectivity index (χ1n) is 21.3. The average molecular weight is 940 g/mol. The van der Waals surface area contributed by atoms with Crippen LogP contribution in [0.2, 0.25) is 0 Å². The number of unbranched alkanes of at least 4 members (excludes halogenated alkanes) is 1. The number of hydrogen-bond donors (Lipinski definition) is 10. The third kappa shape index (κ3) is 15.8. The lowest BCUT2D eigenvalue weighted by Crippen LogP contribution is -2.58. The van der Waals surface area contributed by atoms with Crippen LogP contribution in [0.3, 0.4) is 0 Å². The Labute approximate surface area is 386 Å². The Kier molecular flexibility index (Phi) is 18.1. The third-order valence-corrected chi connectivity index (χ3v) is 11.5. The summed E-state index contributed by atoms with van der Waals surface area (Å²) in [6, 6.07) is 19.8. The van der Waals surface area contributed by atoms with Crippen molar-refractivity contribution in [2.24, 2.45) is 16.5 Å². The molecule has 67 heavy (non-hydrogen) atoms. The first kappa shape index (κ1) is 50.4. The molecule has 0 unspecified atom stereocenters. The molecule has 4 aromatic carbocycles. The number of guanidine groups is 1. The van der Waals surface area contributed by atoms with Gasteiger partial charge in [0.15, 0.2) is 5.96 Å². The van der Waals surface area contributed by atoms with Crippen molar-refractivity contribution in [3.05, 3.63) is 113 Å². The number of nitrogens with one attached hydrogen (secondary N) is 6. The summed E-state index contributed by atoms with van der Waals surface area (Å²) in [5, 5.41) is 26.9. The Hall–Kier alpha value is -7.65. The van der Waals surface area contributed by atoms with E-state index < -0.39 is 88.7 Å². The van der Waals surface area contributed by atoms with Crippen LogP contribution in [0.1, 0.15) is 65.6 Å². The van der Waals surface area contributed by atoms with Crippen LogP contribution in [-0.4, -0.2) is 109 Å². The molecule has 4 atom stereocenters. The summed E-state index contributed by atoms with van der Waals surface area (Å²) in [5.41, 5.74) is 12.8. The molecule has 21 heteroatoms. The maximum atomic E-state index is 14.2. The van der Waals surface area contributed by atoms with Gasteiger partial charge in [0.05, 0.1) is 13.0 Å². The Bertz CT molecular complexity index is 2630. The van der Waals surface area contributed by atoms with Crippen molar-refractivity contribution >= 4 is 80.4 Å². The molecule has 6 amide bonds. The average Bonchev–Trinajstić information content (AvgIpc) is 3.29. The monoisotopic (exact) mass is 939 g/mol. The van der Waals surface area contributed by atoms with Gasteiger partial charge in [0.2, 0.25) is 29.5 Å². The fourth-order valence-electron chi connectivity index (χ4n) is 7.15. The van der Waals surface area contributed by atoms with Gasteiger partial charge in [0.1, 0.15) is 29.1 Å². The number of carbonyl (C=O) groups is 7. The number of rotatable bonds is 17. The summed E-state index contributed by atoms with van der Waals surface area (Å²) in [4.78, 5) is 96.9. The SMILES string of the molecule is NC(N)=NCCC[C@@H]1NC(=O)[C@H](CCCCNC(=O)c2ccc(C=Cc3ccccc3S(=O)(=O)O)cc2)NC(=O)[C@@H](Cc2ccc3ccccc3c2)NC(=O)[C@H](CC(=O)O)NC(=O)CNC1=O.